The summed E-state index contributed by atoms with van der Waals surface area (Å²) in [6, 6.07) is 3.97. The van der Waals surface area contributed by atoms with Crippen molar-refractivity contribution < 1.29 is 8.42 Å². The summed E-state index contributed by atoms with van der Waals surface area (Å²) < 4.78 is 23.8. The lowest BCUT2D eigenvalue weighted by molar-refractivity contribution is 0.596. The second kappa shape index (κ2) is 4.58. The van der Waals surface area contributed by atoms with Crippen LogP contribution in [0.2, 0.25) is 0 Å². The van der Waals surface area contributed by atoms with Crippen LogP contribution in [-0.4, -0.2) is 14.2 Å². The highest BCUT2D eigenvalue weighted by atomic mass is 32.2. The van der Waals surface area contributed by atoms with Crippen molar-refractivity contribution in [1.29, 1.82) is 0 Å². The molecule has 0 atom stereocenters. The topological polar surface area (TPSA) is 34.1 Å². The van der Waals surface area contributed by atoms with Crippen LogP contribution in [0.4, 0.5) is 0 Å². The van der Waals surface area contributed by atoms with Crippen LogP contribution in [0.5, 0.6) is 0 Å². The number of benzene rings is 1. The molecule has 0 amide bonds. The zero-order valence-electron chi connectivity index (χ0n) is 10.7. The summed E-state index contributed by atoms with van der Waals surface area (Å²) >= 11 is 0. The van der Waals surface area contributed by atoms with E-state index in [2.05, 4.69) is 13.8 Å². The Morgan fingerprint density at radius 3 is 1.88 bits per heavy atom. The third-order valence-corrected chi connectivity index (χ3v) is 4.87. The van der Waals surface area contributed by atoms with E-state index >= 15 is 0 Å². The SMILES string of the molecule is CCS(=O)(=O)c1c(C)cc(C(C)C)cc1C. The fourth-order valence-corrected chi connectivity index (χ4v) is 3.34. The van der Waals surface area contributed by atoms with Gasteiger partial charge >= 0.3 is 0 Å². The fourth-order valence-electron chi connectivity index (χ4n) is 1.95. The van der Waals surface area contributed by atoms with E-state index in [1.807, 2.05) is 26.0 Å². The zero-order chi connectivity index (χ0) is 12.5. The lowest BCUT2D eigenvalue weighted by Crippen LogP contribution is -2.09. The van der Waals surface area contributed by atoms with Crippen LogP contribution < -0.4 is 0 Å². The van der Waals surface area contributed by atoms with Crippen LogP contribution in [0.1, 0.15) is 43.4 Å². The van der Waals surface area contributed by atoms with Gasteiger partial charge < -0.3 is 0 Å². The second-order valence-corrected chi connectivity index (χ2v) is 6.76. The van der Waals surface area contributed by atoms with E-state index in [1.165, 1.54) is 5.56 Å². The predicted octanol–water partition coefficient (Wildman–Crippen LogP) is 3.22. The monoisotopic (exact) mass is 240 g/mol. The van der Waals surface area contributed by atoms with E-state index in [0.717, 1.165) is 11.1 Å². The average Bonchev–Trinajstić information content (AvgIpc) is 2.16. The molecule has 0 heterocycles. The molecule has 1 rings (SSSR count). The van der Waals surface area contributed by atoms with Crippen molar-refractivity contribution >= 4 is 9.84 Å². The molecule has 16 heavy (non-hydrogen) atoms. The Morgan fingerprint density at radius 2 is 1.56 bits per heavy atom. The second-order valence-electron chi connectivity index (χ2n) is 4.54. The quantitative estimate of drug-likeness (QED) is 0.813. The summed E-state index contributed by atoms with van der Waals surface area (Å²) in [5.41, 5.74) is 2.93. The van der Waals surface area contributed by atoms with Gasteiger partial charge in [-0.2, -0.15) is 0 Å². The Morgan fingerprint density at radius 1 is 1.12 bits per heavy atom. The van der Waals surface area contributed by atoms with Crippen molar-refractivity contribution in [3.8, 4) is 0 Å². The molecule has 0 bridgehead atoms. The van der Waals surface area contributed by atoms with Gasteiger partial charge in [0, 0.05) is 0 Å². The van der Waals surface area contributed by atoms with E-state index < -0.39 is 9.84 Å². The molecule has 0 radical (unpaired) electrons. The molecule has 1 aromatic carbocycles. The van der Waals surface area contributed by atoms with E-state index in [1.54, 1.807) is 6.92 Å². The molecule has 0 unspecified atom stereocenters. The first-order valence-corrected chi connectivity index (χ1v) is 7.28. The summed E-state index contributed by atoms with van der Waals surface area (Å²) in [5, 5.41) is 0. The lowest BCUT2D eigenvalue weighted by Gasteiger charge is -2.14. The maximum atomic E-state index is 11.9. The molecular formula is C13H20O2S. The molecule has 0 aliphatic rings. The largest absolute Gasteiger partial charge is 0.224 e. The maximum Gasteiger partial charge on any atom is 0.178 e. The maximum absolute atomic E-state index is 11.9. The first-order chi connectivity index (χ1) is 7.29. The van der Waals surface area contributed by atoms with Gasteiger partial charge in [0.25, 0.3) is 0 Å². The Hall–Kier alpha value is -0.830. The van der Waals surface area contributed by atoms with Gasteiger partial charge in [-0.3, -0.25) is 0 Å². The van der Waals surface area contributed by atoms with Crippen LogP contribution in [-0.2, 0) is 9.84 Å². The van der Waals surface area contributed by atoms with Crippen molar-refractivity contribution in [1.82, 2.24) is 0 Å². The highest BCUT2D eigenvalue weighted by Gasteiger charge is 2.18. The molecular weight excluding hydrogens is 220 g/mol. The van der Waals surface area contributed by atoms with Crippen molar-refractivity contribution in [3.05, 3.63) is 28.8 Å². The molecule has 0 aliphatic carbocycles. The fraction of sp³-hybridized carbons (Fsp3) is 0.538. The molecule has 0 saturated carbocycles. The minimum Gasteiger partial charge on any atom is -0.224 e. The van der Waals surface area contributed by atoms with Gasteiger partial charge in [-0.1, -0.05) is 32.9 Å². The van der Waals surface area contributed by atoms with Gasteiger partial charge in [0.05, 0.1) is 10.6 Å². The summed E-state index contributed by atoms with van der Waals surface area (Å²) in [5.74, 6) is 0.589. The van der Waals surface area contributed by atoms with Crippen molar-refractivity contribution in [2.75, 3.05) is 5.75 Å². The first-order valence-electron chi connectivity index (χ1n) is 5.63. The van der Waals surface area contributed by atoms with Crippen LogP contribution in [0.25, 0.3) is 0 Å². The number of aryl methyl sites for hydroxylation is 2. The number of sulfone groups is 1. The van der Waals surface area contributed by atoms with Crippen LogP contribution >= 0.6 is 0 Å². The Balaban J connectivity index is 3.46. The van der Waals surface area contributed by atoms with E-state index in [4.69, 9.17) is 0 Å². The molecule has 0 spiro atoms. The van der Waals surface area contributed by atoms with Gasteiger partial charge in [-0.25, -0.2) is 8.42 Å². The standard InChI is InChI=1S/C13H20O2S/c1-6-16(14,15)13-10(4)7-12(9(2)3)8-11(13)5/h7-9H,6H2,1-5H3. The Bertz CT molecular complexity index is 462. The number of hydrogen-bond acceptors (Lipinski definition) is 2. The first kappa shape index (κ1) is 13.2. The Kier molecular flexibility index (Phi) is 3.79. The van der Waals surface area contributed by atoms with Crippen molar-refractivity contribution in [2.45, 2.75) is 45.4 Å². The van der Waals surface area contributed by atoms with Crippen molar-refractivity contribution in [2.24, 2.45) is 0 Å². The summed E-state index contributed by atoms with van der Waals surface area (Å²) in [7, 11) is -3.10. The summed E-state index contributed by atoms with van der Waals surface area (Å²) in [6.45, 7) is 9.66. The molecule has 1 aromatic rings. The minimum absolute atomic E-state index is 0.162. The minimum atomic E-state index is -3.10. The van der Waals surface area contributed by atoms with Gasteiger partial charge in [-0.05, 0) is 36.5 Å². The smallest absolute Gasteiger partial charge is 0.178 e. The number of hydrogen-bond donors (Lipinski definition) is 0. The molecule has 0 aromatic heterocycles. The lowest BCUT2D eigenvalue weighted by atomic mass is 9.99. The zero-order valence-corrected chi connectivity index (χ0v) is 11.5. The highest BCUT2D eigenvalue weighted by Crippen LogP contribution is 2.26. The van der Waals surface area contributed by atoms with Crippen LogP contribution in [0.15, 0.2) is 17.0 Å². The summed E-state index contributed by atoms with van der Waals surface area (Å²) in [4.78, 5) is 0.513. The molecule has 90 valence electrons. The van der Waals surface area contributed by atoms with Gasteiger partial charge in [0.2, 0.25) is 0 Å². The van der Waals surface area contributed by atoms with Crippen molar-refractivity contribution in [3.63, 3.8) is 0 Å². The van der Waals surface area contributed by atoms with Crippen LogP contribution in [0.3, 0.4) is 0 Å². The van der Waals surface area contributed by atoms with Crippen LogP contribution in [0, 0.1) is 13.8 Å². The highest BCUT2D eigenvalue weighted by molar-refractivity contribution is 7.91. The third-order valence-electron chi connectivity index (χ3n) is 2.84. The van der Waals surface area contributed by atoms with E-state index in [9.17, 15) is 8.42 Å². The third kappa shape index (κ3) is 2.46. The van der Waals surface area contributed by atoms with Gasteiger partial charge in [-0.15, -0.1) is 0 Å². The van der Waals surface area contributed by atoms with Gasteiger partial charge in [0.15, 0.2) is 9.84 Å². The summed E-state index contributed by atoms with van der Waals surface area (Å²) in [6.07, 6.45) is 0. The number of rotatable bonds is 3. The predicted molar refractivity (Wildman–Crippen MR) is 67.7 cm³/mol. The molecule has 2 nitrogen and oxygen atoms in total. The average molecular weight is 240 g/mol. The van der Waals surface area contributed by atoms with E-state index in [0.29, 0.717) is 10.8 Å². The molecule has 0 N–H and O–H groups in total. The van der Waals surface area contributed by atoms with E-state index in [-0.39, 0.29) is 5.75 Å². The molecule has 0 aliphatic heterocycles. The Labute approximate surface area is 98.6 Å². The molecule has 0 fully saturated rings. The normalized spacial score (nSPS) is 12.1. The molecule has 0 saturated heterocycles. The molecule has 3 heteroatoms. The van der Waals surface area contributed by atoms with Gasteiger partial charge in [0.1, 0.15) is 0 Å².